The lowest BCUT2D eigenvalue weighted by atomic mass is 9.93. The van der Waals surface area contributed by atoms with Gasteiger partial charge < -0.3 is 9.47 Å². The van der Waals surface area contributed by atoms with Crippen LogP contribution in [0.2, 0.25) is 0 Å². The molecule has 0 N–H and O–H groups in total. The maximum atomic E-state index is 12.6. The molecule has 2 atom stereocenters. The second kappa shape index (κ2) is 5.40. The summed E-state index contributed by atoms with van der Waals surface area (Å²) >= 11 is 0. The highest BCUT2D eigenvalue weighted by Gasteiger charge is 2.40. The van der Waals surface area contributed by atoms with Crippen molar-refractivity contribution in [2.45, 2.75) is 19.1 Å². The Labute approximate surface area is 122 Å². The van der Waals surface area contributed by atoms with E-state index in [-0.39, 0.29) is 5.78 Å². The predicted octanol–water partition coefficient (Wildman–Crippen LogP) is 2.93. The normalized spacial score (nSPS) is 20.3. The standard InChI is InChI=1S/C17H14O4/c1-11(18)20-17-15(19)13-9-5-6-10-14(13)21-16(17)12-7-3-2-4-8-12/h2-10,16-17H,1H3/t16-,17-/m1/s1. The molecular weight excluding hydrogens is 268 g/mol. The van der Waals surface area contributed by atoms with Crippen LogP contribution in [0.4, 0.5) is 0 Å². The van der Waals surface area contributed by atoms with Crippen LogP contribution in [-0.4, -0.2) is 17.9 Å². The molecule has 1 heterocycles. The Morgan fingerprint density at radius 3 is 2.43 bits per heavy atom. The fourth-order valence-electron chi connectivity index (χ4n) is 2.44. The molecule has 4 heteroatoms. The highest BCUT2D eigenvalue weighted by molar-refractivity contribution is 6.04. The van der Waals surface area contributed by atoms with Gasteiger partial charge in [0.1, 0.15) is 5.75 Å². The van der Waals surface area contributed by atoms with E-state index in [9.17, 15) is 9.59 Å². The molecule has 4 nitrogen and oxygen atoms in total. The summed E-state index contributed by atoms with van der Waals surface area (Å²) in [6.07, 6.45) is -1.59. The van der Waals surface area contributed by atoms with Crippen molar-refractivity contribution in [2.75, 3.05) is 0 Å². The summed E-state index contributed by atoms with van der Waals surface area (Å²) in [6.45, 7) is 1.29. The van der Waals surface area contributed by atoms with E-state index in [0.717, 1.165) is 5.56 Å². The van der Waals surface area contributed by atoms with Crippen molar-refractivity contribution in [1.82, 2.24) is 0 Å². The molecule has 0 spiro atoms. The number of rotatable bonds is 2. The van der Waals surface area contributed by atoms with Gasteiger partial charge in [-0.15, -0.1) is 0 Å². The van der Waals surface area contributed by atoms with Crippen LogP contribution in [0.25, 0.3) is 0 Å². The van der Waals surface area contributed by atoms with E-state index in [1.54, 1.807) is 24.3 Å². The number of carbonyl (C=O) groups is 2. The van der Waals surface area contributed by atoms with Gasteiger partial charge in [-0.2, -0.15) is 0 Å². The third-order valence-corrected chi connectivity index (χ3v) is 3.36. The van der Waals surface area contributed by atoms with Gasteiger partial charge in [-0.05, 0) is 17.7 Å². The van der Waals surface area contributed by atoms with Crippen LogP contribution in [0.5, 0.6) is 5.75 Å². The van der Waals surface area contributed by atoms with Gasteiger partial charge in [0.05, 0.1) is 5.56 Å². The lowest BCUT2D eigenvalue weighted by Gasteiger charge is -2.32. The van der Waals surface area contributed by atoms with E-state index in [4.69, 9.17) is 9.47 Å². The fraction of sp³-hybridized carbons (Fsp3) is 0.176. The molecule has 0 amide bonds. The van der Waals surface area contributed by atoms with E-state index in [1.165, 1.54) is 6.92 Å². The van der Waals surface area contributed by atoms with Crippen molar-refractivity contribution in [3.8, 4) is 5.75 Å². The van der Waals surface area contributed by atoms with Crippen molar-refractivity contribution in [3.63, 3.8) is 0 Å². The van der Waals surface area contributed by atoms with E-state index < -0.39 is 18.2 Å². The first kappa shape index (κ1) is 13.4. The number of carbonyl (C=O) groups excluding carboxylic acids is 2. The molecule has 0 saturated heterocycles. The quantitative estimate of drug-likeness (QED) is 0.795. The number of Topliss-reactive ketones (excluding diaryl/α,β-unsaturated/α-hetero) is 1. The first-order valence-corrected chi connectivity index (χ1v) is 6.69. The van der Waals surface area contributed by atoms with Gasteiger partial charge >= 0.3 is 5.97 Å². The Morgan fingerprint density at radius 2 is 1.71 bits per heavy atom. The first-order chi connectivity index (χ1) is 10.2. The van der Waals surface area contributed by atoms with Gasteiger partial charge in [0.25, 0.3) is 0 Å². The Morgan fingerprint density at radius 1 is 1.05 bits per heavy atom. The fourth-order valence-corrected chi connectivity index (χ4v) is 2.44. The summed E-state index contributed by atoms with van der Waals surface area (Å²) < 4.78 is 11.1. The zero-order chi connectivity index (χ0) is 14.8. The van der Waals surface area contributed by atoms with Crippen LogP contribution in [0.3, 0.4) is 0 Å². The van der Waals surface area contributed by atoms with E-state index in [1.807, 2.05) is 30.3 Å². The second-order valence-corrected chi connectivity index (χ2v) is 4.84. The average molecular weight is 282 g/mol. The van der Waals surface area contributed by atoms with Gasteiger partial charge in [-0.1, -0.05) is 42.5 Å². The summed E-state index contributed by atoms with van der Waals surface area (Å²) in [7, 11) is 0. The SMILES string of the molecule is CC(=O)O[C@@H]1C(=O)c2ccccc2O[C@@H]1c1ccccc1. The summed E-state index contributed by atoms with van der Waals surface area (Å²) in [5, 5.41) is 0. The number of benzene rings is 2. The van der Waals surface area contributed by atoms with Crippen molar-refractivity contribution < 1.29 is 19.1 Å². The molecule has 0 aliphatic carbocycles. The third kappa shape index (κ3) is 2.52. The number of hydrogen-bond acceptors (Lipinski definition) is 4. The van der Waals surface area contributed by atoms with Crippen molar-refractivity contribution in [1.29, 1.82) is 0 Å². The summed E-state index contributed by atoms with van der Waals surface area (Å²) in [6, 6.07) is 16.3. The lowest BCUT2D eigenvalue weighted by molar-refractivity contribution is -0.148. The molecule has 21 heavy (non-hydrogen) atoms. The average Bonchev–Trinajstić information content (AvgIpc) is 2.50. The number of hydrogen-bond donors (Lipinski definition) is 0. The first-order valence-electron chi connectivity index (χ1n) is 6.69. The summed E-state index contributed by atoms with van der Waals surface area (Å²) in [5.74, 6) is -0.224. The molecule has 0 radical (unpaired) electrons. The van der Waals surface area contributed by atoms with Crippen LogP contribution >= 0.6 is 0 Å². The molecule has 0 saturated carbocycles. The van der Waals surface area contributed by atoms with Gasteiger partial charge in [-0.25, -0.2) is 0 Å². The third-order valence-electron chi connectivity index (χ3n) is 3.36. The molecule has 1 aliphatic rings. The van der Waals surface area contributed by atoms with Crippen LogP contribution in [0.15, 0.2) is 54.6 Å². The van der Waals surface area contributed by atoms with E-state index in [0.29, 0.717) is 11.3 Å². The summed E-state index contributed by atoms with van der Waals surface area (Å²) in [4.78, 5) is 23.9. The molecule has 0 aromatic heterocycles. The molecule has 106 valence electrons. The number of ketones is 1. The van der Waals surface area contributed by atoms with E-state index >= 15 is 0 Å². The maximum Gasteiger partial charge on any atom is 0.303 e. The van der Waals surface area contributed by atoms with Crippen LogP contribution in [-0.2, 0) is 9.53 Å². The smallest absolute Gasteiger partial charge is 0.303 e. The summed E-state index contributed by atoms with van der Waals surface area (Å²) in [5.41, 5.74) is 1.24. The highest BCUT2D eigenvalue weighted by atomic mass is 16.6. The maximum absolute atomic E-state index is 12.6. The minimum absolute atomic E-state index is 0.235. The molecule has 2 aromatic rings. The largest absolute Gasteiger partial charge is 0.481 e. The van der Waals surface area contributed by atoms with Crippen molar-refractivity contribution in [2.24, 2.45) is 0 Å². The molecular formula is C17H14O4. The Hall–Kier alpha value is -2.62. The lowest BCUT2D eigenvalue weighted by Crippen LogP contribution is -2.39. The van der Waals surface area contributed by atoms with Gasteiger partial charge in [-0.3, -0.25) is 9.59 Å². The zero-order valence-electron chi connectivity index (χ0n) is 11.5. The number of para-hydroxylation sites is 1. The Bertz CT molecular complexity index is 678. The minimum atomic E-state index is -0.959. The molecule has 0 bridgehead atoms. The molecule has 2 aromatic carbocycles. The predicted molar refractivity (Wildman–Crippen MR) is 76.1 cm³/mol. The topological polar surface area (TPSA) is 52.6 Å². The van der Waals surface area contributed by atoms with Crippen molar-refractivity contribution in [3.05, 3.63) is 65.7 Å². The Balaban J connectivity index is 2.05. The molecule has 1 aliphatic heterocycles. The van der Waals surface area contributed by atoms with Gasteiger partial charge in [0.2, 0.25) is 11.9 Å². The van der Waals surface area contributed by atoms with Crippen molar-refractivity contribution >= 4 is 11.8 Å². The van der Waals surface area contributed by atoms with E-state index in [2.05, 4.69) is 0 Å². The van der Waals surface area contributed by atoms with Gasteiger partial charge in [0.15, 0.2) is 6.10 Å². The van der Waals surface area contributed by atoms with Crippen LogP contribution in [0, 0.1) is 0 Å². The number of esters is 1. The highest BCUT2D eigenvalue weighted by Crippen LogP contribution is 2.36. The number of ether oxygens (including phenoxy) is 2. The van der Waals surface area contributed by atoms with Gasteiger partial charge in [0, 0.05) is 6.92 Å². The number of fused-ring (bicyclic) bond motifs is 1. The Kier molecular flexibility index (Phi) is 3.44. The zero-order valence-corrected chi connectivity index (χ0v) is 11.5. The van der Waals surface area contributed by atoms with Crippen LogP contribution in [0.1, 0.15) is 28.9 Å². The van der Waals surface area contributed by atoms with Crippen LogP contribution < -0.4 is 4.74 Å². The monoisotopic (exact) mass is 282 g/mol. The minimum Gasteiger partial charge on any atom is -0.481 e. The molecule has 0 unspecified atom stereocenters. The molecule has 3 rings (SSSR count). The second-order valence-electron chi connectivity index (χ2n) is 4.84. The molecule has 0 fully saturated rings.